The van der Waals surface area contributed by atoms with Gasteiger partial charge in [-0.3, -0.25) is 0 Å². The number of nitrogens with one attached hydrogen (secondary N) is 1. The van der Waals surface area contributed by atoms with E-state index >= 15 is 0 Å². The van der Waals surface area contributed by atoms with Gasteiger partial charge in [0.2, 0.25) is 0 Å². The fourth-order valence-corrected chi connectivity index (χ4v) is 2.56. The van der Waals surface area contributed by atoms with Crippen LogP contribution in [0.25, 0.3) is 21.8 Å². The first-order chi connectivity index (χ1) is 9.85. The van der Waals surface area contributed by atoms with Crippen molar-refractivity contribution in [2.24, 2.45) is 0 Å². The highest BCUT2D eigenvalue weighted by molar-refractivity contribution is 6.08. The van der Waals surface area contributed by atoms with Crippen LogP contribution in [0.3, 0.4) is 0 Å². The molecule has 2 nitrogen and oxygen atoms in total. The summed E-state index contributed by atoms with van der Waals surface area (Å²) in [7, 11) is 0. The minimum Gasteiger partial charge on any atom is -0.481 e. The van der Waals surface area contributed by atoms with Crippen LogP contribution in [0.2, 0.25) is 0 Å². The molecule has 2 aromatic carbocycles. The van der Waals surface area contributed by atoms with Crippen molar-refractivity contribution >= 4 is 21.8 Å². The van der Waals surface area contributed by atoms with Gasteiger partial charge in [-0.15, -0.1) is 13.0 Å². The van der Waals surface area contributed by atoms with Gasteiger partial charge in [-0.25, -0.2) is 0 Å². The molecule has 0 aliphatic rings. The lowest BCUT2D eigenvalue weighted by Crippen LogP contribution is -1.98. The van der Waals surface area contributed by atoms with Crippen molar-refractivity contribution in [2.75, 3.05) is 6.61 Å². The number of allylic oxidation sites excluding steroid dienone is 1. The zero-order valence-electron chi connectivity index (χ0n) is 11.1. The Morgan fingerprint density at radius 3 is 2.85 bits per heavy atom. The normalized spacial score (nSPS) is 10.6. The highest BCUT2D eigenvalue weighted by Crippen LogP contribution is 2.33. The van der Waals surface area contributed by atoms with Crippen LogP contribution in [0.5, 0.6) is 5.75 Å². The molecule has 0 radical (unpaired) electrons. The SMILES string of the molecule is C#CCOc1ccc2c([nH]c3ccccc32)c1CC=C. The van der Waals surface area contributed by atoms with Gasteiger partial charge in [-0.1, -0.05) is 30.2 Å². The number of para-hydroxylation sites is 1. The molecule has 20 heavy (non-hydrogen) atoms. The maximum Gasteiger partial charge on any atom is 0.148 e. The Morgan fingerprint density at radius 1 is 1.20 bits per heavy atom. The monoisotopic (exact) mass is 261 g/mol. The number of aromatic nitrogens is 1. The number of hydrogen-bond acceptors (Lipinski definition) is 1. The molecule has 1 N–H and O–H groups in total. The first-order valence-electron chi connectivity index (χ1n) is 6.54. The summed E-state index contributed by atoms with van der Waals surface area (Å²) in [5, 5.41) is 2.42. The minimum atomic E-state index is 0.274. The summed E-state index contributed by atoms with van der Waals surface area (Å²) in [5.74, 6) is 3.32. The van der Waals surface area contributed by atoms with Gasteiger partial charge in [0, 0.05) is 21.9 Å². The van der Waals surface area contributed by atoms with Crippen molar-refractivity contribution in [1.29, 1.82) is 0 Å². The second kappa shape index (κ2) is 5.14. The zero-order valence-corrected chi connectivity index (χ0v) is 11.1. The Morgan fingerprint density at radius 2 is 2.05 bits per heavy atom. The predicted molar refractivity (Wildman–Crippen MR) is 84.0 cm³/mol. The molecule has 0 spiro atoms. The van der Waals surface area contributed by atoms with E-state index in [4.69, 9.17) is 11.2 Å². The predicted octanol–water partition coefficient (Wildman–Crippen LogP) is 4.06. The number of rotatable bonds is 4. The van der Waals surface area contributed by atoms with E-state index in [0.29, 0.717) is 0 Å². The molecule has 0 aliphatic carbocycles. The van der Waals surface area contributed by atoms with Crippen LogP contribution in [-0.2, 0) is 6.42 Å². The summed E-state index contributed by atoms with van der Waals surface area (Å²) < 4.78 is 5.64. The molecule has 0 bridgehead atoms. The lowest BCUT2D eigenvalue weighted by molar-refractivity contribution is 0.367. The Bertz CT molecular complexity index is 820. The first-order valence-corrected chi connectivity index (χ1v) is 6.54. The Balaban J connectivity index is 2.28. The fourth-order valence-electron chi connectivity index (χ4n) is 2.56. The van der Waals surface area contributed by atoms with Crippen molar-refractivity contribution in [3.63, 3.8) is 0 Å². The van der Waals surface area contributed by atoms with Gasteiger partial charge in [-0.2, -0.15) is 0 Å². The van der Waals surface area contributed by atoms with Crippen LogP contribution in [0, 0.1) is 12.3 Å². The molecule has 0 unspecified atom stereocenters. The summed E-state index contributed by atoms with van der Waals surface area (Å²) in [6.45, 7) is 4.10. The van der Waals surface area contributed by atoms with E-state index in [1.54, 1.807) is 0 Å². The van der Waals surface area contributed by atoms with Gasteiger partial charge < -0.3 is 9.72 Å². The van der Waals surface area contributed by atoms with Crippen LogP contribution < -0.4 is 4.74 Å². The number of hydrogen-bond donors (Lipinski definition) is 1. The molecule has 3 aromatic rings. The van der Waals surface area contributed by atoms with E-state index < -0.39 is 0 Å². The average Bonchev–Trinajstić information content (AvgIpc) is 2.85. The van der Waals surface area contributed by atoms with Crippen molar-refractivity contribution in [3.8, 4) is 18.1 Å². The van der Waals surface area contributed by atoms with Gasteiger partial charge in [0.05, 0.1) is 5.52 Å². The Hall–Kier alpha value is -2.66. The summed E-state index contributed by atoms with van der Waals surface area (Å²) in [6.07, 6.45) is 7.89. The lowest BCUT2D eigenvalue weighted by Gasteiger charge is -2.09. The second-order valence-electron chi connectivity index (χ2n) is 4.62. The summed E-state index contributed by atoms with van der Waals surface area (Å²) in [4.78, 5) is 3.47. The van der Waals surface area contributed by atoms with Crippen molar-refractivity contribution < 1.29 is 4.74 Å². The molecule has 1 aromatic heterocycles. The molecule has 0 amide bonds. The molecule has 0 saturated heterocycles. The largest absolute Gasteiger partial charge is 0.481 e. The highest BCUT2D eigenvalue weighted by atomic mass is 16.5. The van der Waals surface area contributed by atoms with Gasteiger partial charge >= 0.3 is 0 Å². The average molecular weight is 261 g/mol. The quantitative estimate of drug-likeness (QED) is 0.556. The number of aromatic amines is 1. The number of ether oxygens (including phenoxy) is 1. The molecular formula is C18H15NO. The third kappa shape index (κ3) is 1.94. The highest BCUT2D eigenvalue weighted by Gasteiger charge is 2.12. The van der Waals surface area contributed by atoms with Crippen molar-refractivity contribution in [3.05, 3.63) is 54.6 Å². The molecule has 0 atom stereocenters. The summed E-state index contributed by atoms with van der Waals surface area (Å²) in [6, 6.07) is 12.3. The third-order valence-corrected chi connectivity index (χ3v) is 3.41. The van der Waals surface area contributed by atoms with E-state index in [1.807, 2.05) is 24.3 Å². The topological polar surface area (TPSA) is 25.0 Å². The zero-order chi connectivity index (χ0) is 13.9. The van der Waals surface area contributed by atoms with Crippen LogP contribution >= 0.6 is 0 Å². The molecule has 3 rings (SSSR count). The maximum atomic E-state index is 5.64. The molecular weight excluding hydrogens is 246 g/mol. The van der Waals surface area contributed by atoms with Gasteiger partial charge in [0.15, 0.2) is 0 Å². The Kier molecular flexibility index (Phi) is 3.18. The number of benzene rings is 2. The lowest BCUT2D eigenvalue weighted by atomic mass is 10.1. The van der Waals surface area contributed by atoms with E-state index in [2.05, 4.69) is 35.7 Å². The molecule has 1 heterocycles. The van der Waals surface area contributed by atoms with Gasteiger partial charge in [0.1, 0.15) is 12.4 Å². The number of H-pyrrole nitrogens is 1. The van der Waals surface area contributed by atoms with Crippen LogP contribution in [0.4, 0.5) is 0 Å². The summed E-state index contributed by atoms with van der Waals surface area (Å²) >= 11 is 0. The molecule has 0 fully saturated rings. The number of terminal acetylenes is 1. The smallest absolute Gasteiger partial charge is 0.148 e. The molecule has 98 valence electrons. The second-order valence-corrected chi connectivity index (χ2v) is 4.62. The van der Waals surface area contributed by atoms with Crippen LogP contribution in [0.1, 0.15) is 5.56 Å². The van der Waals surface area contributed by atoms with E-state index in [1.165, 1.54) is 10.8 Å². The van der Waals surface area contributed by atoms with Crippen LogP contribution in [0.15, 0.2) is 49.1 Å². The molecule has 2 heteroatoms. The number of fused-ring (bicyclic) bond motifs is 3. The fraction of sp³-hybridized carbons (Fsp3) is 0.111. The van der Waals surface area contributed by atoms with Gasteiger partial charge in [0.25, 0.3) is 0 Å². The van der Waals surface area contributed by atoms with Crippen molar-refractivity contribution in [2.45, 2.75) is 6.42 Å². The minimum absolute atomic E-state index is 0.274. The molecule has 0 aliphatic heterocycles. The van der Waals surface area contributed by atoms with E-state index in [9.17, 15) is 0 Å². The van der Waals surface area contributed by atoms with E-state index in [0.717, 1.165) is 28.8 Å². The van der Waals surface area contributed by atoms with E-state index in [-0.39, 0.29) is 6.61 Å². The molecule has 0 saturated carbocycles. The standard InChI is InChI=1S/C18H15NO/c1-3-7-15-17(20-12-4-2)11-10-14-13-8-5-6-9-16(13)19-18(14)15/h2-3,5-6,8-11,19H,1,7,12H2. The third-order valence-electron chi connectivity index (χ3n) is 3.41. The Labute approximate surface area is 118 Å². The maximum absolute atomic E-state index is 5.64. The van der Waals surface area contributed by atoms with Crippen molar-refractivity contribution in [1.82, 2.24) is 4.98 Å². The van der Waals surface area contributed by atoms with Crippen LogP contribution in [-0.4, -0.2) is 11.6 Å². The van der Waals surface area contributed by atoms with Gasteiger partial charge in [-0.05, 0) is 24.6 Å². The first kappa shape index (κ1) is 12.4. The summed E-state index contributed by atoms with van der Waals surface area (Å²) in [5.41, 5.74) is 3.33.